The highest BCUT2D eigenvalue weighted by atomic mass is 16.4. The maximum absolute atomic E-state index is 11.6. The van der Waals surface area contributed by atoms with E-state index in [9.17, 15) is 9.59 Å². The minimum Gasteiger partial charge on any atom is -0.481 e. The predicted octanol–water partition coefficient (Wildman–Crippen LogP) is -0.358. The highest BCUT2D eigenvalue weighted by molar-refractivity contribution is 5.74. The van der Waals surface area contributed by atoms with Crippen LogP contribution in [0, 0.1) is 5.92 Å². The van der Waals surface area contributed by atoms with Crippen LogP contribution < -0.4 is 10.6 Å². The van der Waals surface area contributed by atoms with Crippen molar-refractivity contribution >= 4 is 12.0 Å². The Morgan fingerprint density at radius 1 is 1.42 bits per heavy atom. The third-order valence-electron chi connectivity index (χ3n) is 3.15. The van der Waals surface area contributed by atoms with Crippen molar-refractivity contribution in [1.29, 1.82) is 0 Å². The molecule has 1 aliphatic carbocycles. The van der Waals surface area contributed by atoms with Crippen LogP contribution in [-0.2, 0) is 11.3 Å². The fourth-order valence-corrected chi connectivity index (χ4v) is 2.20. The van der Waals surface area contributed by atoms with Gasteiger partial charge in [0.05, 0.1) is 12.5 Å². The van der Waals surface area contributed by atoms with Gasteiger partial charge < -0.3 is 15.7 Å². The van der Waals surface area contributed by atoms with Crippen molar-refractivity contribution in [3.8, 4) is 0 Å². The van der Waals surface area contributed by atoms with E-state index in [1.807, 2.05) is 0 Å². The van der Waals surface area contributed by atoms with Crippen molar-refractivity contribution in [2.24, 2.45) is 5.92 Å². The summed E-state index contributed by atoms with van der Waals surface area (Å²) in [6.45, 7) is 0.178. The maximum atomic E-state index is 11.6. The summed E-state index contributed by atoms with van der Waals surface area (Å²) < 4.78 is 0. The van der Waals surface area contributed by atoms with Crippen molar-refractivity contribution in [1.82, 2.24) is 31.3 Å². The molecule has 1 aromatic heterocycles. The molecule has 0 saturated heterocycles. The van der Waals surface area contributed by atoms with E-state index in [4.69, 9.17) is 5.11 Å². The summed E-state index contributed by atoms with van der Waals surface area (Å²) in [6, 6.07) is -0.444. The number of carboxylic acids is 1. The molecule has 19 heavy (non-hydrogen) atoms. The van der Waals surface area contributed by atoms with Crippen LogP contribution in [0.15, 0.2) is 0 Å². The number of amides is 2. The number of aromatic nitrogens is 4. The van der Waals surface area contributed by atoms with Gasteiger partial charge in [-0.25, -0.2) is 4.79 Å². The fraction of sp³-hybridized carbons (Fsp3) is 0.700. The quantitative estimate of drug-likeness (QED) is 0.589. The number of aliphatic carboxylic acids is 1. The number of hydrogen-bond acceptors (Lipinski definition) is 5. The molecule has 1 aromatic rings. The zero-order valence-electron chi connectivity index (χ0n) is 10.3. The largest absolute Gasteiger partial charge is 0.481 e. The van der Waals surface area contributed by atoms with Gasteiger partial charge in [0.1, 0.15) is 0 Å². The van der Waals surface area contributed by atoms with E-state index in [1.165, 1.54) is 0 Å². The number of hydrogen-bond donors (Lipinski definition) is 4. The summed E-state index contributed by atoms with van der Waals surface area (Å²) in [7, 11) is 0. The lowest BCUT2D eigenvalue weighted by atomic mass is 9.86. The number of rotatable bonds is 4. The highest BCUT2D eigenvalue weighted by Crippen LogP contribution is 2.24. The number of aromatic amines is 1. The molecule has 0 spiro atoms. The Kier molecular flexibility index (Phi) is 4.26. The van der Waals surface area contributed by atoms with Gasteiger partial charge in [-0.3, -0.25) is 4.79 Å². The van der Waals surface area contributed by atoms with E-state index in [2.05, 4.69) is 31.3 Å². The Morgan fingerprint density at radius 2 is 2.26 bits per heavy atom. The Balaban J connectivity index is 1.74. The second kappa shape index (κ2) is 6.12. The molecule has 2 unspecified atom stereocenters. The Morgan fingerprint density at radius 3 is 2.95 bits per heavy atom. The first kappa shape index (κ1) is 13.2. The molecule has 1 aliphatic rings. The van der Waals surface area contributed by atoms with Crippen LogP contribution >= 0.6 is 0 Å². The van der Waals surface area contributed by atoms with Crippen LogP contribution in [-0.4, -0.2) is 43.8 Å². The van der Waals surface area contributed by atoms with E-state index >= 15 is 0 Å². The first-order valence-corrected chi connectivity index (χ1v) is 6.14. The average molecular weight is 268 g/mol. The summed E-state index contributed by atoms with van der Waals surface area (Å²) >= 11 is 0. The fourth-order valence-electron chi connectivity index (χ4n) is 2.20. The Labute approximate surface area is 109 Å². The van der Waals surface area contributed by atoms with Gasteiger partial charge in [-0.05, 0) is 19.3 Å². The van der Waals surface area contributed by atoms with E-state index in [0.717, 1.165) is 12.8 Å². The third-order valence-corrected chi connectivity index (χ3v) is 3.15. The molecule has 1 fully saturated rings. The summed E-state index contributed by atoms with van der Waals surface area (Å²) in [4.78, 5) is 22.5. The monoisotopic (exact) mass is 268 g/mol. The number of carbonyl (C=O) groups is 2. The second-order valence-electron chi connectivity index (χ2n) is 4.55. The highest BCUT2D eigenvalue weighted by Gasteiger charge is 2.27. The van der Waals surface area contributed by atoms with Crippen LogP contribution in [0.5, 0.6) is 0 Å². The molecule has 2 atom stereocenters. The Hall–Kier alpha value is -2.19. The summed E-state index contributed by atoms with van der Waals surface area (Å²) in [5, 5.41) is 27.4. The summed E-state index contributed by atoms with van der Waals surface area (Å²) in [5.41, 5.74) is 0. The lowest BCUT2D eigenvalue weighted by Gasteiger charge is -2.27. The van der Waals surface area contributed by atoms with Gasteiger partial charge in [-0.2, -0.15) is 5.21 Å². The molecule has 2 rings (SSSR count). The topological polar surface area (TPSA) is 133 Å². The van der Waals surface area contributed by atoms with E-state index in [-0.39, 0.29) is 24.5 Å². The third kappa shape index (κ3) is 3.90. The first-order valence-electron chi connectivity index (χ1n) is 6.14. The molecule has 0 aliphatic heterocycles. The van der Waals surface area contributed by atoms with Crippen molar-refractivity contribution in [2.75, 3.05) is 0 Å². The number of carbonyl (C=O) groups excluding carboxylic acids is 1. The van der Waals surface area contributed by atoms with Crippen molar-refractivity contribution in [3.05, 3.63) is 5.82 Å². The van der Waals surface area contributed by atoms with Crippen LogP contribution in [0.25, 0.3) is 0 Å². The average Bonchev–Trinajstić information content (AvgIpc) is 2.90. The van der Waals surface area contributed by atoms with Gasteiger partial charge >= 0.3 is 12.0 Å². The second-order valence-corrected chi connectivity index (χ2v) is 4.55. The van der Waals surface area contributed by atoms with Gasteiger partial charge in [0.25, 0.3) is 0 Å². The van der Waals surface area contributed by atoms with Crippen molar-refractivity contribution in [3.63, 3.8) is 0 Å². The summed E-state index contributed by atoms with van der Waals surface area (Å²) in [6.07, 6.45) is 2.77. The molecule has 104 valence electrons. The zero-order valence-corrected chi connectivity index (χ0v) is 10.3. The van der Waals surface area contributed by atoms with E-state index in [0.29, 0.717) is 18.7 Å². The van der Waals surface area contributed by atoms with Gasteiger partial charge in [0.2, 0.25) is 0 Å². The van der Waals surface area contributed by atoms with Crippen LogP contribution in [0.4, 0.5) is 4.79 Å². The van der Waals surface area contributed by atoms with E-state index < -0.39 is 5.97 Å². The number of H-pyrrole nitrogens is 1. The first-order chi connectivity index (χ1) is 9.15. The zero-order chi connectivity index (χ0) is 13.7. The van der Waals surface area contributed by atoms with Crippen LogP contribution in [0.2, 0.25) is 0 Å². The normalized spacial score (nSPS) is 22.7. The molecule has 4 N–H and O–H groups in total. The number of tetrazole rings is 1. The molecule has 0 bridgehead atoms. The smallest absolute Gasteiger partial charge is 0.315 e. The molecular formula is C10H16N6O3. The SMILES string of the molecule is O=C(NCc1nn[nH]n1)NC1CCCC(C(=O)O)C1. The molecule has 9 heteroatoms. The van der Waals surface area contributed by atoms with Crippen LogP contribution in [0.3, 0.4) is 0 Å². The number of nitrogens with one attached hydrogen (secondary N) is 3. The molecule has 0 aromatic carbocycles. The Bertz CT molecular complexity index is 434. The minimum atomic E-state index is -0.793. The molecule has 1 saturated carbocycles. The number of urea groups is 1. The minimum absolute atomic E-state index is 0.0971. The molecule has 9 nitrogen and oxygen atoms in total. The van der Waals surface area contributed by atoms with Gasteiger partial charge in [-0.15, -0.1) is 10.2 Å². The molecule has 0 radical (unpaired) electrons. The van der Waals surface area contributed by atoms with Crippen molar-refractivity contribution < 1.29 is 14.7 Å². The summed E-state index contributed by atoms with van der Waals surface area (Å²) in [5.74, 6) is -0.767. The standard InChI is InChI=1S/C10H16N6O3/c17-9(18)6-2-1-3-7(4-6)12-10(19)11-5-8-13-15-16-14-8/h6-7H,1-5H2,(H,17,18)(H2,11,12,19)(H,13,14,15,16). The molecular weight excluding hydrogens is 252 g/mol. The molecule has 2 amide bonds. The van der Waals surface area contributed by atoms with Gasteiger partial charge in [0, 0.05) is 6.04 Å². The lowest BCUT2D eigenvalue weighted by Crippen LogP contribution is -2.44. The van der Waals surface area contributed by atoms with Crippen molar-refractivity contribution in [2.45, 2.75) is 38.3 Å². The van der Waals surface area contributed by atoms with Crippen LogP contribution in [0.1, 0.15) is 31.5 Å². The lowest BCUT2D eigenvalue weighted by molar-refractivity contribution is -0.143. The number of nitrogens with zero attached hydrogens (tertiary/aromatic N) is 3. The molecule has 1 heterocycles. The predicted molar refractivity (Wildman–Crippen MR) is 62.9 cm³/mol. The van der Waals surface area contributed by atoms with E-state index in [1.54, 1.807) is 0 Å². The number of carboxylic acid groups (broad SMARTS) is 1. The van der Waals surface area contributed by atoms with Gasteiger partial charge in [0.15, 0.2) is 5.82 Å². The maximum Gasteiger partial charge on any atom is 0.315 e. The van der Waals surface area contributed by atoms with Gasteiger partial charge in [-0.1, -0.05) is 11.6 Å².